The van der Waals surface area contributed by atoms with Crippen molar-refractivity contribution in [2.45, 2.75) is 19.7 Å². The third kappa shape index (κ3) is 4.44. The van der Waals surface area contributed by atoms with Gasteiger partial charge in [-0.1, -0.05) is 6.07 Å². The lowest BCUT2D eigenvalue weighted by Gasteiger charge is -2.19. The highest BCUT2D eigenvalue weighted by Crippen LogP contribution is 2.18. The average Bonchev–Trinajstić information content (AvgIpc) is 3.34. The van der Waals surface area contributed by atoms with Crippen LogP contribution in [0.3, 0.4) is 0 Å². The second-order valence-corrected chi connectivity index (χ2v) is 7.18. The Morgan fingerprint density at radius 1 is 1.25 bits per heavy atom. The predicted molar refractivity (Wildman–Crippen MR) is 96.6 cm³/mol. The molecule has 24 heavy (non-hydrogen) atoms. The second-order valence-electron chi connectivity index (χ2n) is 5.20. The Bertz CT molecular complexity index is 752. The summed E-state index contributed by atoms with van der Waals surface area (Å²) in [7, 11) is 0. The minimum absolute atomic E-state index is 0.0152. The Balaban J connectivity index is 1.71. The van der Waals surface area contributed by atoms with Crippen LogP contribution in [0.15, 0.2) is 57.8 Å². The summed E-state index contributed by atoms with van der Waals surface area (Å²) in [4.78, 5) is 16.4. The monoisotopic (exact) mass is 359 g/mol. The van der Waals surface area contributed by atoms with Crippen LogP contribution in [0, 0.1) is 0 Å². The van der Waals surface area contributed by atoms with Crippen molar-refractivity contribution in [3.8, 4) is 0 Å². The van der Waals surface area contributed by atoms with E-state index in [2.05, 4.69) is 0 Å². The molecule has 0 fully saturated rings. The number of aliphatic hydroxyl groups excluding tert-OH is 1. The molecule has 3 rings (SSSR count). The quantitative estimate of drug-likeness (QED) is 0.645. The average molecular weight is 359 g/mol. The molecule has 0 spiro atoms. The van der Waals surface area contributed by atoms with Crippen molar-refractivity contribution in [1.82, 2.24) is 4.90 Å². The van der Waals surface area contributed by atoms with Gasteiger partial charge in [0.15, 0.2) is 0 Å². The molecule has 3 heterocycles. The summed E-state index contributed by atoms with van der Waals surface area (Å²) in [5.74, 6) is 0.686. The highest BCUT2D eigenvalue weighted by atomic mass is 32.1. The fourth-order valence-electron chi connectivity index (χ4n) is 2.22. The SMILES string of the molecule is O=C(C=Cc1cc(CO)cs1)N(Cc1ccco1)Cc1cccs1. The van der Waals surface area contributed by atoms with Crippen LogP contribution < -0.4 is 0 Å². The molecule has 0 unspecified atom stereocenters. The van der Waals surface area contributed by atoms with Crippen LogP contribution in [-0.4, -0.2) is 15.9 Å². The second kappa shape index (κ2) is 8.10. The van der Waals surface area contributed by atoms with Crippen LogP contribution in [0.25, 0.3) is 6.08 Å². The van der Waals surface area contributed by atoms with Gasteiger partial charge in [-0.25, -0.2) is 0 Å². The van der Waals surface area contributed by atoms with Gasteiger partial charge in [0.2, 0.25) is 5.91 Å². The Hall–Kier alpha value is -2.15. The molecule has 0 saturated carbocycles. The van der Waals surface area contributed by atoms with Crippen LogP contribution >= 0.6 is 22.7 Å². The number of nitrogens with zero attached hydrogens (tertiary/aromatic N) is 1. The number of hydrogen-bond donors (Lipinski definition) is 1. The Labute approximate surface area is 148 Å². The zero-order valence-corrected chi connectivity index (χ0v) is 14.6. The van der Waals surface area contributed by atoms with Gasteiger partial charge in [0.25, 0.3) is 0 Å². The van der Waals surface area contributed by atoms with Crippen LogP contribution in [-0.2, 0) is 24.5 Å². The number of thiophene rings is 2. The van der Waals surface area contributed by atoms with E-state index in [0.29, 0.717) is 13.1 Å². The highest BCUT2D eigenvalue weighted by molar-refractivity contribution is 7.11. The largest absolute Gasteiger partial charge is 0.467 e. The number of aliphatic hydroxyl groups is 1. The number of carbonyl (C=O) groups is 1. The Morgan fingerprint density at radius 3 is 2.83 bits per heavy atom. The third-order valence-electron chi connectivity index (χ3n) is 3.41. The van der Waals surface area contributed by atoms with Crippen molar-refractivity contribution in [3.63, 3.8) is 0 Å². The van der Waals surface area contributed by atoms with E-state index in [9.17, 15) is 4.79 Å². The summed E-state index contributed by atoms with van der Waals surface area (Å²) < 4.78 is 5.37. The number of carbonyl (C=O) groups excluding carboxylic acids is 1. The van der Waals surface area contributed by atoms with Crippen molar-refractivity contribution in [2.24, 2.45) is 0 Å². The zero-order valence-electron chi connectivity index (χ0n) is 12.9. The first-order valence-corrected chi connectivity index (χ1v) is 9.20. The lowest BCUT2D eigenvalue weighted by Crippen LogP contribution is -2.27. The number of furan rings is 1. The summed E-state index contributed by atoms with van der Waals surface area (Å²) in [5.41, 5.74) is 0.859. The fourth-order valence-corrected chi connectivity index (χ4v) is 3.73. The van der Waals surface area contributed by atoms with Gasteiger partial charge in [-0.2, -0.15) is 0 Å². The number of rotatable bonds is 7. The van der Waals surface area contributed by atoms with Crippen molar-refractivity contribution < 1.29 is 14.3 Å². The van der Waals surface area contributed by atoms with E-state index in [1.807, 2.05) is 41.1 Å². The lowest BCUT2D eigenvalue weighted by atomic mass is 10.3. The molecule has 0 aromatic carbocycles. The van der Waals surface area contributed by atoms with Crippen molar-refractivity contribution in [3.05, 3.63) is 74.5 Å². The lowest BCUT2D eigenvalue weighted by molar-refractivity contribution is -0.127. The molecule has 0 bridgehead atoms. The van der Waals surface area contributed by atoms with Gasteiger partial charge in [0.1, 0.15) is 5.76 Å². The van der Waals surface area contributed by atoms with Gasteiger partial charge < -0.3 is 14.4 Å². The third-order valence-corrected chi connectivity index (χ3v) is 5.22. The van der Waals surface area contributed by atoms with Crippen molar-refractivity contribution >= 4 is 34.7 Å². The molecule has 124 valence electrons. The molecular weight excluding hydrogens is 342 g/mol. The zero-order chi connectivity index (χ0) is 16.8. The fraction of sp³-hybridized carbons (Fsp3) is 0.167. The van der Waals surface area contributed by atoms with Gasteiger partial charge in [0, 0.05) is 15.8 Å². The molecule has 0 aliphatic rings. The van der Waals surface area contributed by atoms with Crippen LogP contribution in [0.1, 0.15) is 21.1 Å². The molecule has 3 aromatic rings. The van der Waals surface area contributed by atoms with Gasteiger partial charge in [-0.15, -0.1) is 22.7 Å². The Kier molecular flexibility index (Phi) is 5.63. The molecule has 1 N–H and O–H groups in total. The summed E-state index contributed by atoms with van der Waals surface area (Å²) in [6.45, 7) is 0.996. The molecule has 6 heteroatoms. The smallest absolute Gasteiger partial charge is 0.247 e. The standard InChI is InChI=1S/C18H17NO3S2/c20-12-14-9-16(24-13-14)5-6-18(21)19(10-15-3-1-7-22-15)11-17-4-2-8-23-17/h1-9,13,20H,10-12H2. The minimum Gasteiger partial charge on any atom is -0.467 e. The van der Waals surface area contributed by atoms with Crippen LogP contribution in [0.5, 0.6) is 0 Å². The molecule has 0 aliphatic heterocycles. The summed E-state index contributed by atoms with van der Waals surface area (Å²) in [6.07, 6.45) is 4.97. The van der Waals surface area contributed by atoms with Crippen molar-refractivity contribution in [2.75, 3.05) is 0 Å². The molecule has 0 atom stereocenters. The molecule has 0 saturated heterocycles. The van der Waals surface area contributed by atoms with E-state index in [4.69, 9.17) is 9.52 Å². The Morgan fingerprint density at radius 2 is 2.17 bits per heavy atom. The van der Waals surface area contributed by atoms with Gasteiger partial charge in [-0.05, 0) is 46.7 Å². The van der Waals surface area contributed by atoms with E-state index in [-0.39, 0.29) is 12.5 Å². The van der Waals surface area contributed by atoms with Crippen LogP contribution in [0.4, 0.5) is 0 Å². The number of amides is 1. The van der Waals surface area contributed by atoms with Gasteiger partial charge >= 0.3 is 0 Å². The molecule has 0 aliphatic carbocycles. The molecular formula is C18H17NO3S2. The minimum atomic E-state index is -0.0706. The van der Waals surface area contributed by atoms with Gasteiger partial charge in [0.05, 0.1) is 26.0 Å². The van der Waals surface area contributed by atoms with Crippen LogP contribution in [0.2, 0.25) is 0 Å². The molecule has 4 nitrogen and oxygen atoms in total. The first-order chi connectivity index (χ1) is 11.7. The maximum Gasteiger partial charge on any atom is 0.247 e. The first-order valence-electron chi connectivity index (χ1n) is 7.44. The van der Waals surface area contributed by atoms with E-state index >= 15 is 0 Å². The topological polar surface area (TPSA) is 53.7 Å². The maximum absolute atomic E-state index is 12.6. The maximum atomic E-state index is 12.6. The molecule has 3 aromatic heterocycles. The van der Waals surface area contributed by atoms with Crippen molar-refractivity contribution in [1.29, 1.82) is 0 Å². The summed E-state index contributed by atoms with van der Waals surface area (Å²) >= 11 is 3.13. The summed E-state index contributed by atoms with van der Waals surface area (Å²) in [5, 5.41) is 13.0. The summed E-state index contributed by atoms with van der Waals surface area (Å²) in [6, 6.07) is 9.56. The number of hydrogen-bond acceptors (Lipinski definition) is 5. The normalized spacial score (nSPS) is 11.2. The van der Waals surface area contributed by atoms with E-state index in [1.165, 1.54) is 11.3 Å². The van der Waals surface area contributed by atoms with E-state index in [0.717, 1.165) is 21.1 Å². The first kappa shape index (κ1) is 16.7. The van der Waals surface area contributed by atoms with E-state index in [1.54, 1.807) is 34.7 Å². The highest BCUT2D eigenvalue weighted by Gasteiger charge is 2.14. The predicted octanol–water partition coefficient (Wildman–Crippen LogP) is 4.14. The molecule has 0 radical (unpaired) electrons. The van der Waals surface area contributed by atoms with E-state index < -0.39 is 0 Å². The van der Waals surface area contributed by atoms with Gasteiger partial charge in [-0.3, -0.25) is 4.79 Å². The molecule has 1 amide bonds.